The molecule has 0 unspecified atom stereocenters. The Morgan fingerprint density at radius 1 is 0.833 bits per heavy atom. The minimum absolute atomic E-state index is 0. The van der Waals surface area contributed by atoms with E-state index in [-0.39, 0.29) is 42.0 Å². The SMILES string of the molecule is CCCCCCCCCCCCCCCCCN(C(C)=O)C(=O)S[C@H]1CCCO[C@H]1COC(=O)N(Cc1cccc[n+]1CC)C(C)=O.[Cl-]. The second kappa shape index (κ2) is 26.7. The molecule has 1 aliphatic rings. The van der Waals surface area contributed by atoms with Crippen LogP contribution in [0.15, 0.2) is 24.4 Å². The molecule has 1 aromatic rings. The summed E-state index contributed by atoms with van der Waals surface area (Å²) in [4.78, 5) is 53.3. The molecule has 0 radical (unpaired) electrons. The van der Waals surface area contributed by atoms with Gasteiger partial charge in [0.1, 0.15) is 25.8 Å². The third-order valence-corrected chi connectivity index (χ3v) is 10.1. The third-order valence-electron chi connectivity index (χ3n) is 8.88. The molecule has 2 atom stereocenters. The van der Waals surface area contributed by atoms with Crippen molar-refractivity contribution in [2.24, 2.45) is 0 Å². The van der Waals surface area contributed by atoms with Crippen LogP contribution >= 0.6 is 11.8 Å². The summed E-state index contributed by atoms with van der Waals surface area (Å²) in [6.45, 7) is 8.67. The largest absolute Gasteiger partial charge is 1.00 e. The number of ether oxygens (including phenoxy) is 2. The molecule has 48 heavy (non-hydrogen) atoms. The van der Waals surface area contributed by atoms with Crippen LogP contribution in [0.2, 0.25) is 0 Å². The van der Waals surface area contributed by atoms with Crippen LogP contribution in [-0.4, -0.2) is 64.1 Å². The summed E-state index contributed by atoms with van der Waals surface area (Å²) < 4.78 is 13.4. The summed E-state index contributed by atoms with van der Waals surface area (Å²) in [5.74, 6) is -0.669. The van der Waals surface area contributed by atoms with Gasteiger partial charge in [0, 0.05) is 44.4 Å². The fourth-order valence-corrected chi connectivity index (χ4v) is 7.18. The maximum atomic E-state index is 13.2. The number of halogens is 1. The van der Waals surface area contributed by atoms with Gasteiger partial charge in [0.25, 0.3) is 5.24 Å². The summed E-state index contributed by atoms with van der Waals surface area (Å²) in [6, 6.07) is 5.64. The summed E-state index contributed by atoms with van der Waals surface area (Å²) >= 11 is 1.09. The standard InChI is InChI=1S/C37H62N3O6S.ClH/c1-5-7-8-9-10-11-12-13-14-15-16-17-18-19-21-27-39(31(3)41)37(44)47-35-25-23-28-45-34(35)30-46-36(43)40(32(4)42)29-33-24-20-22-26-38(33)6-2;/h20,22,24,26,34-35H,5-19,21,23,25,27-30H2,1-4H3;1H/q+1;/p-1/t34-,35-;/m0./s1. The Morgan fingerprint density at radius 2 is 1.40 bits per heavy atom. The number of hydrogen-bond acceptors (Lipinski definition) is 7. The van der Waals surface area contributed by atoms with Gasteiger partial charge in [-0.2, -0.15) is 0 Å². The molecule has 0 bridgehead atoms. The van der Waals surface area contributed by atoms with E-state index in [1.165, 1.54) is 95.8 Å². The molecule has 9 nitrogen and oxygen atoms in total. The van der Waals surface area contributed by atoms with Gasteiger partial charge in [0.05, 0.1) is 0 Å². The van der Waals surface area contributed by atoms with Crippen LogP contribution in [0.4, 0.5) is 9.59 Å². The molecule has 11 heteroatoms. The smallest absolute Gasteiger partial charge is 0.417 e. The molecule has 274 valence electrons. The molecule has 0 saturated carbocycles. The Labute approximate surface area is 300 Å². The highest BCUT2D eigenvalue weighted by atomic mass is 35.5. The Morgan fingerprint density at radius 3 is 1.94 bits per heavy atom. The molecule has 2 heterocycles. The van der Waals surface area contributed by atoms with Gasteiger partial charge in [-0.15, -0.1) is 0 Å². The second-order valence-corrected chi connectivity index (χ2v) is 13.9. The second-order valence-electron chi connectivity index (χ2n) is 12.8. The number of amides is 4. The monoisotopic (exact) mass is 711 g/mol. The van der Waals surface area contributed by atoms with E-state index >= 15 is 0 Å². The van der Waals surface area contributed by atoms with Gasteiger partial charge in [-0.1, -0.05) is 115 Å². The molecule has 4 amide bonds. The molecule has 2 rings (SSSR count). The average molecular weight is 712 g/mol. The lowest BCUT2D eigenvalue weighted by atomic mass is 10.0. The van der Waals surface area contributed by atoms with Gasteiger partial charge >= 0.3 is 6.09 Å². The van der Waals surface area contributed by atoms with Gasteiger partial charge in [0.2, 0.25) is 17.5 Å². The average Bonchev–Trinajstić information content (AvgIpc) is 3.06. The number of imide groups is 2. The molecule has 1 fully saturated rings. The zero-order chi connectivity index (χ0) is 34.3. The highest BCUT2D eigenvalue weighted by molar-refractivity contribution is 8.14. The number of pyridine rings is 1. The predicted octanol–water partition coefficient (Wildman–Crippen LogP) is 5.60. The van der Waals surface area contributed by atoms with E-state index in [1.807, 2.05) is 35.9 Å². The number of nitrogens with zero attached hydrogens (tertiary/aromatic N) is 3. The number of hydrogen-bond donors (Lipinski definition) is 0. The van der Waals surface area contributed by atoms with Crippen LogP contribution in [0.1, 0.15) is 143 Å². The van der Waals surface area contributed by atoms with Crippen molar-refractivity contribution in [1.29, 1.82) is 0 Å². The van der Waals surface area contributed by atoms with Crippen LogP contribution < -0.4 is 17.0 Å². The molecule has 0 aromatic carbocycles. The minimum atomic E-state index is -0.744. The van der Waals surface area contributed by atoms with Gasteiger partial charge < -0.3 is 21.9 Å². The number of carbonyl (C=O) groups is 4. The maximum Gasteiger partial charge on any atom is 0.417 e. The fourth-order valence-electron chi connectivity index (χ4n) is 5.98. The van der Waals surface area contributed by atoms with Crippen molar-refractivity contribution in [2.45, 2.75) is 161 Å². The molecule has 1 saturated heterocycles. The quantitative estimate of drug-likeness (QED) is 0.114. The highest BCUT2D eigenvalue weighted by Gasteiger charge is 2.33. The lowest BCUT2D eigenvalue weighted by molar-refractivity contribution is -0.701. The van der Waals surface area contributed by atoms with Crippen molar-refractivity contribution < 1.29 is 45.6 Å². The highest BCUT2D eigenvalue weighted by Crippen LogP contribution is 2.29. The molecule has 0 N–H and O–H groups in total. The van der Waals surface area contributed by atoms with E-state index < -0.39 is 18.1 Å². The van der Waals surface area contributed by atoms with E-state index in [0.717, 1.165) is 48.0 Å². The summed E-state index contributed by atoms with van der Waals surface area (Å²) in [5, 5.41) is -0.539. The number of aryl methyl sites for hydroxylation is 1. The lowest BCUT2D eigenvalue weighted by Gasteiger charge is -2.32. The van der Waals surface area contributed by atoms with Crippen LogP contribution in [0.25, 0.3) is 0 Å². The lowest BCUT2D eigenvalue weighted by Crippen LogP contribution is -3.00. The van der Waals surface area contributed by atoms with Crippen molar-refractivity contribution in [2.75, 3.05) is 19.8 Å². The summed E-state index contributed by atoms with van der Waals surface area (Å²) in [6.07, 6.45) is 21.1. The van der Waals surface area contributed by atoms with Crippen molar-refractivity contribution in [1.82, 2.24) is 9.80 Å². The molecule has 0 spiro atoms. The van der Waals surface area contributed by atoms with Crippen molar-refractivity contribution in [3.63, 3.8) is 0 Å². The first kappa shape index (κ1) is 43.9. The van der Waals surface area contributed by atoms with E-state index in [1.54, 1.807) is 0 Å². The fraction of sp³-hybridized carbons (Fsp3) is 0.757. The number of aromatic nitrogens is 1. The Hall–Kier alpha value is -2.17. The summed E-state index contributed by atoms with van der Waals surface area (Å²) in [7, 11) is 0. The third kappa shape index (κ3) is 17.5. The van der Waals surface area contributed by atoms with E-state index in [9.17, 15) is 19.2 Å². The molecule has 1 aliphatic heterocycles. The Bertz CT molecular complexity index is 1080. The molecular weight excluding hydrogens is 650 g/mol. The van der Waals surface area contributed by atoms with Crippen molar-refractivity contribution in [3.05, 3.63) is 30.1 Å². The first-order valence-corrected chi connectivity index (χ1v) is 19.2. The zero-order valence-electron chi connectivity index (χ0n) is 30.1. The van der Waals surface area contributed by atoms with E-state index in [4.69, 9.17) is 9.47 Å². The predicted molar refractivity (Wildman–Crippen MR) is 188 cm³/mol. The van der Waals surface area contributed by atoms with Crippen molar-refractivity contribution >= 4 is 34.9 Å². The van der Waals surface area contributed by atoms with Crippen LogP contribution in [0.5, 0.6) is 0 Å². The van der Waals surface area contributed by atoms with E-state index in [2.05, 4.69) is 6.92 Å². The van der Waals surface area contributed by atoms with Crippen LogP contribution in [0.3, 0.4) is 0 Å². The topological polar surface area (TPSA) is 97.1 Å². The maximum absolute atomic E-state index is 13.2. The zero-order valence-corrected chi connectivity index (χ0v) is 31.7. The Balaban J connectivity index is 0.0000115. The number of carbonyl (C=O) groups excluding carboxylic acids is 4. The Kier molecular flexibility index (Phi) is 24.4. The van der Waals surface area contributed by atoms with Crippen LogP contribution in [0, 0.1) is 0 Å². The molecule has 1 aromatic heterocycles. The number of rotatable bonds is 22. The molecule has 0 aliphatic carbocycles. The van der Waals surface area contributed by atoms with Gasteiger partial charge in [-0.3, -0.25) is 19.3 Å². The normalized spacial score (nSPS) is 15.8. The van der Waals surface area contributed by atoms with Crippen LogP contribution in [-0.2, 0) is 32.2 Å². The first-order valence-electron chi connectivity index (χ1n) is 18.3. The molecular formula is C37H62ClN3O6S. The van der Waals surface area contributed by atoms with E-state index in [0.29, 0.717) is 26.1 Å². The van der Waals surface area contributed by atoms with Gasteiger partial charge in [-0.05, 0) is 26.2 Å². The minimum Gasteiger partial charge on any atom is -1.00 e. The first-order chi connectivity index (χ1) is 22.8. The van der Waals surface area contributed by atoms with Gasteiger partial charge in [-0.25, -0.2) is 14.3 Å². The van der Waals surface area contributed by atoms with Gasteiger partial charge in [0.15, 0.2) is 6.20 Å². The summed E-state index contributed by atoms with van der Waals surface area (Å²) in [5.41, 5.74) is 0.813. The van der Waals surface area contributed by atoms with Crippen molar-refractivity contribution in [3.8, 4) is 0 Å². The number of thioether (sulfide) groups is 1. The number of unbranched alkanes of at least 4 members (excludes halogenated alkanes) is 14.